The lowest BCUT2D eigenvalue weighted by molar-refractivity contribution is 0.417. The molecule has 0 radical (unpaired) electrons. The van der Waals surface area contributed by atoms with Crippen molar-refractivity contribution in [2.24, 2.45) is 11.8 Å². The van der Waals surface area contributed by atoms with Gasteiger partial charge < -0.3 is 0 Å². The van der Waals surface area contributed by atoms with Crippen molar-refractivity contribution in [2.45, 2.75) is 34.1 Å². The topological polar surface area (TPSA) is 0 Å². The lowest BCUT2D eigenvalue weighted by atomic mass is 9.91. The molecule has 0 fully saturated rings. The van der Waals surface area contributed by atoms with Crippen LogP contribution in [0.25, 0.3) is 0 Å². The Morgan fingerprint density at radius 2 is 1.85 bits per heavy atom. The van der Waals surface area contributed by atoms with Crippen LogP contribution in [0, 0.1) is 18.8 Å². The first kappa shape index (κ1) is 10.3. The summed E-state index contributed by atoms with van der Waals surface area (Å²) < 4.78 is 0. The summed E-state index contributed by atoms with van der Waals surface area (Å²) in [5.74, 6) is 1.56. The van der Waals surface area contributed by atoms with Crippen molar-refractivity contribution in [3.8, 4) is 0 Å². The monoisotopic (exact) mass is 176 g/mol. The van der Waals surface area contributed by atoms with Gasteiger partial charge in [0, 0.05) is 0 Å². The van der Waals surface area contributed by atoms with E-state index in [1.54, 1.807) is 0 Å². The molecule has 0 bridgehead atoms. The van der Waals surface area contributed by atoms with Gasteiger partial charge in [-0.05, 0) is 30.7 Å². The molecule has 0 unspecified atom stereocenters. The van der Waals surface area contributed by atoms with Crippen LogP contribution in [0.5, 0.6) is 0 Å². The number of rotatable bonds is 3. The second kappa shape index (κ2) is 4.45. The highest BCUT2D eigenvalue weighted by Crippen LogP contribution is 2.16. The molecule has 0 saturated heterocycles. The van der Waals surface area contributed by atoms with Gasteiger partial charge in [0.15, 0.2) is 0 Å². The van der Waals surface area contributed by atoms with Gasteiger partial charge in [-0.1, -0.05) is 50.6 Å². The number of hydrogen-bond donors (Lipinski definition) is 0. The molecule has 0 heteroatoms. The normalized spacial score (nSPS) is 13.3. The van der Waals surface area contributed by atoms with E-state index in [0.29, 0.717) is 0 Å². The summed E-state index contributed by atoms with van der Waals surface area (Å²) in [5.41, 5.74) is 2.84. The van der Waals surface area contributed by atoms with E-state index < -0.39 is 0 Å². The van der Waals surface area contributed by atoms with Crippen molar-refractivity contribution >= 4 is 0 Å². The number of hydrogen-bond acceptors (Lipinski definition) is 0. The molecule has 1 aromatic rings. The molecule has 0 N–H and O–H groups in total. The summed E-state index contributed by atoms with van der Waals surface area (Å²) in [4.78, 5) is 0. The van der Waals surface area contributed by atoms with Crippen LogP contribution in [0.1, 0.15) is 31.9 Å². The second-order valence-corrected chi connectivity index (χ2v) is 4.41. The minimum absolute atomic E-state index is 0.778. The predicted molar refractivity (Wildman–Crippen MR) is 58.9 cm³/mol. The zero-order valence-corrected chi connectivity index (χ0v) is 9.17. The fraction of sp³-hybridized carbons (Fsp3) is 0.538. The Kier molecular flexibility index (Phi) is 3.53. The van der Waals surface area contributed by atoms with E-state index in [1.807, 2.05) is 0 Å². The van der Waals surface area contributed by atoms with Crippen LogP contribution in [-0.4, -0.2) is 0 Å². The van der Waals surface area contributed by atoms with Crippen LogP contribution < -0.4 is 0 Å². The third-order valence-electron chi connectivity index (χ3n) is 2.78. The van der Waals surface area contributed by atoms with Crippen LogP contribution in [0.2, 0.25) is 0 Å². The first-order chi connectivity index (χ1) is 6.09. The van der Waals surface area contributed by atoms with Crippen molar-refractivity contribution < 1.29 is 0 Å². The summed E-state index contributed by atoms with van der Waals surface area (Å²) in [6.07, 6.45) is 1.21. The van der Waals surface area contributed by atoms with Gasteiger partial charge in [-0.15, -0.1) is 0 Å². The molecule has 0 nitrogen and oxygen atoms in total. The maximum absolute atomic E-state index is 2.33. The fourth-order valence-corrected chi connectivity index (χ4v) is 1.45. The Balaban J connectivity index is 2.64. The van der Waals surface area contributed by atoms with Crippen molar-refractivity contribution in [1.82, 2.24) is 0 Å². The Bertz CT molecular complexity index is 260. The highest BCUT2D eigenvalue weighted by atomic mass is 14.1. The summed E-state index contributed by atoms with van der Waals surface area (Å²) in [6.45, 7) is 9.07. The van der Waals surface area contributed by atoms with Crippen LogP contribution in [0.4, 0.5) is 0 Å². The van der Waals surface area contributed by atoms with Gasteiger partial charge in [0.1, 0.15) is 0 Å². The molecule has 0 aliphatic rings. The van der Waals surface area contributed by atoms with Crippen molar-refractivity contribution in [3.63, 3.8) is 0 Å². The van der Waals surface area contributed by atoms with Crippen LogP contribution in [0.3, 0.4) is 0 Å². The summed E-state index contributed by atoms with van der Waals surface area (Å²) in [6, 6.07) is 8.83. The SMILES string of the molecule is Cc1cccc(C[C@@H](C)C(C)C)c1. The van der Waals surface area contributed by atoms with E-state index in [4.69, 9.17) is 0 Å². The molecule has 0 aromatic heterocycles. The molecule has 0 aliphatic carbocycles. The molecule has 0 spiro atoms. The van der Waals surface area contributed by atoms with E-state index in [-0.39, 0.29) is 0 Å². The van der Waals surface area contributed by atoms with Crippen LogP contribution >= 0.6 is 0 Å². The molecular formula is C13H20. The van der Waals surface area contributed by atoms with E-state index in [9.17, 15) is 0 Å². The fourth-order valence-electron chi connectivity index (χ4n) is 1.45. The third-order valence-corrected chi connectivity index (χ3v) is 2.78. The molecule has 1 aromatic carbocycles. The lowest BCUT2D eigenvalue weighted by Gasteiger charge is -2.15. The van der Waals surface area contributed by atoms with Crippen LogP contribution in [0.15, 0.2) is 24.3 Å². The molecule has 1 atom stereocenters. The first-order valence-corrected chi connectivity index (χ1v) is 5.15. The van der Waals surface area contributed by atoms with Gasteiger partial charge in [-0.2, -0.15) is 0 Å². The Hall–Kier alpha value is -0.780. The average Bonchev–Trinajstić information content (AvgIpc) is 2.04. The summed E-state index contributed by atoms with van der Waals surface area (Å²) in [7, 11) is 0. The lowest BCUT2D eigenvalue weighted by Crippen LogP contribution is -2.07. The van der Waals surface area contributed by atoms with Gasteiger partial charge >= 0.3 is 0 Å². The minimum atomic E-state index is 0.778. The smallest absolute Gasteiger partial charge is 0.0250 e. The molecule has 0 saturated carbocycles. The summed E-state index contributed by atoms with van der Waals surface area (Å²) >= 11 is 0. The van der Waals surface area contributed by atoms with Gasteiger partial charge in [0.25, 0.3) is 0 Å². The van der Waals surface area contributed by atoms with Gasteiger partial charge in [-0.25, -0.2) is 0 Å². The quantitative estimate of drug-likeness (QED) is 0.656. The summed E-state index contributed by atoms with van der Waals surface area (Å²) in [5, 5.41) is 0. The predicted octanol–water partition coefficient (Wildman–Crippen LogP) is 3.83. The van der Waals surface area contributed by atoms with Gasteiger partial charge in [-0.3, -0.25) is 0 Å². The molecule has 1 rings (SSSR count). The zero-order valence-electron chi connectivity index (χ0n) is 9.17. The molecule has 13 heavy (non-hydrogen) atoms. The molecular weight excluding hydrogens is 156 g/mol. The largest absolute Gasteiger partial charge is 0.0625 e. The maximum Gasteiger partial charge on any atom is -0.0250 e. The Morgan fingerprint density at radius 3 is 2.38 bits per heavy atom. The minimum Gasteiger partial charge on any atom is -0.0625 e. The van der Waals surface area contributed by atoms with Gasteiger partial charge in [0.05, 0.1) is 0 Å². The zero-order chi connectivity index (χ0) is 9.84. The Labute approximate surface area is 82.0 Å². The molecule has 72 valence electrons. The van der Waals surface area contributed by atoms with Crippen molar-refractivity contribution in [1.29, 1.82) is 0 Å². The number of benzene rings is 1. The van der Waals surface area contributed by atoms with E-state index in [0.717, 1.165) is 11.8 Å². The van der Waals surface area contributed by atoms with Crippen molar-refractivity contribution in [3.05, 3.63) is 35.4 Å². The van der Waals surface area contributed by atoms with E-state index in [2.05, 4.69) is 52.0 Å². The second-order valence-electron chi connectivity index (χ2n) is 4.41. The van der Waals surface area contributed by atoms with Gasteiger partial charge in [0.2, 0.25) is 0 Å². The molecule has 0 heterocycles. The third kappa shape index (κ3) is 3.22. The molecule has 0 amide bonds. The first-order valence-electron chi connectivity index (χ1n) is 5.15. The Morgan fingerprint density at radius 1 is 1.15 bits per heavy atom. The van der Waals surface area contributed by atoms with E-state index in [1.165, 1.54) is 17.5 Å². The maximum atomic E-state index is 2.33. The van der Waals surface area contributed by atoms with Crippen molar-refractivity contribution in [2.75, 3.05) is 0 Å². The standard InChI is InChI=1S/C13H20/c1-10(2)12(4)9-13-7-5-6-11(3)8-13/h5-8,10,12H,9H2,1-4H3/t12-/m1/s1. The van der Waals surface area contributed by atoms with Crippen LogP contribution in [-0.2, 0) is 6.42 Å². The van der Waals surface area contributed by atoms with E-state index >= 15 is 0 Å². The highest BCUT2D eigenvalue weighted by molar-refractivity contribution is 5.22. The number of aryl methyl sites for hydroxylation is 1. The highest BCUT2D eigenvalue weighted by Gasteiger charge is 2.07. The molecule has 0 aliphatic heterocycles. The average molecular weight is 176 g/mol.